The van der Waals surface area contributed by atoms with Gasteiger partial charge >= 0.3 is 5.97 Å². The molecule has 0 bridgehead atoms. The van der Waals surface area contributed by atoms with Gasteiger partial charge in [-0.2, -0.15) is 0 Å². The number of benzene rings is 2. The van der Waals surface area contributed by atoms with Crippen molar-refractivity contribution in [3.8, 4) is 11.3 Å². The molecule has 0 saturated heterocycles. The zero-order valence-electron chi connectivity index (χ0n) is 14.2. The van der Waals surface area contributed by atoms with Gasteiger partial charge < -0.3 is 4.74 Å². The summed E-state index contributed by atoms with van der Waals surface area (Å²) in [5.41, 5.74) is 2.66. The Hall–Kier alpha value is -2.64. The van der Waals surface area contributed by atoms with Gasteiger partial charge in [-0.1, -0.05) is 12.1 Å². The van der Waals surface area contributed by atoms with Crippen molar-refractivity contribution >= 4 is 40.1 Å². The molecule has 0 aliphatic heterocycles. The van der Waals surface area contributed by atoms with Crippen LogP contribution in [0.4, 0.5) is 5.13 Å². The normalized spacial score (nSPS) is 10.4. The van der Waals surface area contributed by atoms with E-state index in [-0.39, 0.29) is 5.91 Å². The number of anilines is 1. The van der Waals surface area contributed by atoms with Crippen LogP contribution in [0.25, 0.3) is 11.3 Å². The smallest absolute Gasteiger partial charge is 0.337 e. The number of ether oxygens (including phenoxy) is 1. The first kappa shape index (κ1) is 18.2. The van der Waals surface area contributed by atoms with Gasteiger partial charge in [0.05, 0.1) is 18.4 Å². The highest BCUT2D eigenvalue weighted by Gasteiger charge is 2.12. The maximum atomic E-state index is 12.3. The van der Waals surface area contributed by atoms with Crippen LogP contribution in [-0.2, 0) is 4.74 Å². The summed E-state index contributed by atoms with van der Waals surface area (Å²) in [6.07, 6.45) is 2.03. The van der Waals surface area contributed by atoms with Gasteiger partial charge in [0.1, 0.15) is 0 Å². The molecule has 7 heteroatoms. The molecule has 0 atom stereocenters. The van der Waals surface area contributed by atoms with Crippen molar-refractivity contribution in [2.75, 3.05) is 18.7 Å². The topological polar surface area (TPSA) is 68.3 Å². The summed E-state index contributed by atoms with van der Waals surface area (Å²) in [4.78, 5) is 29.4. The maximum Gasteiger partial charge on any atom is 0.337 e. The van der Waals surface area contributed by atoms with Crippen molar-refractivity contribution in [2.45, 2.75) is 4.90 Å². The quantitative estimate of drug-likeness (QED) is 0.515. The predicted octanol–water partition coefficient (Wildman–Crippen LogP) is 4.57. The number of thioether (sulfide) groups is 1. The molecule has 1 aromatic heterocycles. The van der Waals surface area contributed by atoms with E-state index in [0.717, 1.165) is 11.3 Å². The number of methoxy groups -OCH3 is 1. The lowest BCUT2D eigenvalue weighted by atomic mass is 10.1. The average Bonchev–Trinajstić information content (AvgIpc) is 3.16. The first-order chi connectivity index (χ1) is 12.6. The number of thiazole rings is 1. The van der Waals surface area contributed by atoms with Crippen molar-refractivity contribution in [1.29, 1.82) is 0 Å². The number of esters is 1. The zero-order valence-corrected chi connectivity index (χ0v) is 15.8. The summed E-state index contributed by atoms with van der Waals surface area (Å²) in [6, 6.07) is 14.4. The molecule has 2 aromatic carbocycles. The van der Waals surface area contributed by atoms with E-state index in [1.165, 1.54) is 23.3 Å². The summed E-state index contributed by atoms with van der Waals surface area (Å²) in [6.45, 7) is 0. The van der Waals surface area contributed by atoms with E-state index in [2.05, 4.69) is 15.0 Å². The zero-order chi connectivity index (χ0) is 18.5. The van der Waals surface area contributed by atoms with E-state index in [9.17, 15) is 9.59 Å². The van der Waals surface area contributed by atoms with Crippen molar-refractivity contribution in [1.82, 2.24) is 4.98 Å². The standard InChI is InChI=1S/C19H16N2O3S2/c1-24-18(23)14-5-3-13(4-6-14)17(22)21-19-20-16(11-26-19)12-7-9-15(25-2)10-8-12/h3-11H,1-2H3,(H,20,21,22). The lowest BCUT2D eigenvalue weighted by Gasteiger charge is -2.03. The predicted molar refractivity (Wildman–Crippen MR) is 105 cm³/mol. The second kappa shape index (κ2) is 8.16. The lowest BCUT2D eigenvalue weighted by Crippen LogP contribution is -2.12. The largest absolute Gasteiger partial charge is 0.465 e. The van der Waals surface area contributed by atoms with E-state index >= 15 is 0 Å². The molecule has 0 saturated carbocycles. The van der Waals surface area contributed by atoms with Crippen molar-refractivity contribution in [3.05, 3.63) is 65.0 Å². The molecule has 0 radical (unpaired) electrons. The van der Waals surface area contributed by atoms with Crippen molar-refractivity contribution in [2.24, 2.45) is 0 Å². The number of aromatic nitrogens is 1. The van der Waals surface area contributed by atoms with Crippen LogP contribution in [0.1, 0.15) is 20.7 Å². The lowest BCUT2D eigenvalue weighted by molar-refractivity contribution is 0.0600. The van der Waals surface area contributed by atoms with Crippen LogP contribution in [-0.4, -0.2) is 30.2 Å². The summed E-state index contributed by atoms with van der Waals surface area (Å²) in [5, 5.41) is 5.21. The molecule has 26 heavy (non-hydrogen) atoms. The molecule has 0 aliphatic carbocycles. The van der Waals surface area contributed by atoms with Crippen LogP contribution in [0.15, 0.2) is 58.8 Å². The Morgan fingerprint density at radius 2 is 1.69 bits per heavy atom. The van der Waals surface area contributed by atoms with Crippen LogP contribution in [0.5, 0.6) is 0 Å². The molecule has 1 amide bonds. The Kier molecular flexibility index (Phi) is 5.70. The molecular formula is C19H16N2O3S2. The van der Waals surface area contributed by atoms with Gasteiger partial charge in [0.2, 0.25) is 0 Å². The number of rotatable bonds is 5. The Labute approximate surface area is 159 Å². The molecular weight excluding hydrogens is 368 g/mol. The number of nitrogens with zero attached hydrogens (tertiary/aromatic N) is 1. The minimum absolute atomic E-state index is 0.278. The Bertz CT molecular complexity index is 919. The summed E-state index contributed by atoms with van der Waals surface area (Å²) >= 11 is 3.05. The van der Waals surface area contributed by atoms with Crippen molar-refractivity contribution in [3.63, 3.8) is 0 Å². The maximum absolute atomic E-state index is 12.3. The second-order valence-corrected chi connectivity index (χ2v) is 7.03. The van der Waals surface area contributed by atoms with Gasteiger partial charge in [0.25, 0.3) is 5.91 Å². The molecule has 1 heterocycles. The van der Waals surface area contributed by atoms with Gasteiger partial charge in [0.15, 0.2) is 5.13 Å². The number of hydrogen-bond donors (Lipinski definition) is 1. The van der Waals surface area contributed by atoms with E-state index in [1.54, 1.807) is 36.0 Å². The van der Waals surface area contributed by atoms with Gasteiger partial charge in [-0.15, -0.1) is 23.1 Å². The highest BCUT2D eigenvalue weighted by molar-refractivity contribution is 7.98. The monoisotopic (exact) mass is 384 g/mol. The van der Waals surface area contributed by atoms with Gasteiger partial charge in [-0.3, -0.25) is 10.1 Å². The first-order valence-electron chi connectivity index (χ1n) is 7.70. The third-order valence-corrected chi connectivity index (χ3v) is 5.18. The van der Waals surface area contributed by atoms with Crippen LogP contribution >= 0.6 is 23.1 Å². The molecule has 3 aromatic rings. The Balaban J connectivity index is 1.70. The minimum atomic E-state index is -0.436. The highest BCUT2D eigenvalue weighted by atomic mass is 32.2. The fourth-order valence-corrected chi connectivity index (χ4v) is 3.39. The molecule has 0 spiro atoms. The molecule has 0 aliphatic rings. The summed E-state index contributed by atoms with van der Waals surface area (Å²) in [7, 11) is 1.32. The number of hydrogen-bond acceptors (Lipinski definition) is 6. The second-order valence-electron chi connectivity index (χ2n) is 5.29. The Morgan fingerprint density at radius 1 is 1.04 bits per heavy atom. The fraction of sp³-hybridized carbons (Fsp3) is 0.105. The van der Waals surface area contributed by atoms with Crippen LogP contribution in [0.3, 0.4) is 0 Å². The van der Waals surface area contributed by atoms with Crippen LogP contribution in [0.2, 0.25) is 0 Å². The number of carbonyl (C=O) groups is 2. The van der Waals surface area contributed by atoms with Crippen molar-refractivity contribution < 1.29 is 14.3 Å². The Morgan fingerprint density at radius 3 is 2.31 bits per heavy atom. The molecule has 132 valence electrons. The van der Waals surface area contributed by atoms with E-state index < -0.39 is 5.97 Å². The SMILES string of the molecule is COC(=O)c1ccc(C(=O)Nc2nc(-c3ccc(SC)cc3)cs2)cc1. The number of amides is 1. The average molecular weight is 384 g/mol. The summed E-state index contributed by atoms with van der Waals surface area (Å²) < 4.78 is 4.64. The molecule has 1 N–H and O–H groups in total. The molecule has 0 fully saturated rings. The van der Waals surface area contributed by atoms with Gasteiger partial charge in [-0.25, -0.2) is 9.78 Å². The van der Waals surface area contributed by atoms with Crippen LogP contribution < -0.4 is 5.32 Å². The van der Waals surface area contributed by atoms with E-state index in [1.807, 2.05) is 35.9 Å². The van der Waals surface area contributed by atoms with Crippen LogP contribution in [0, 0.1) is 0 Å². The highest BCUT2D eigenvalue weighted by Crippen LogP contribution is 2.27. The molecule has 5 nitrogen and oxygen atoms in total. The van der Waals surface area contributed by atoms with Gasteiger partial charge in [-0.05, 0) is 42.7 Å². The first-order valence-corrected chi connectivity index (χ1v) is 9.81. The number of nitrogens with one attached hydrogen (secondary N) is 1. The third-order valence-electron chi connectivity index (χ3n) is 3.68. The molecule has 3 rings (SSSR count). The fourth-order valence-electron chi connectivity index (χ4n) is 2.27. The number of carbonyl (C=O) groups excluding carboxylic acids is 2. The molecule has 0 unspecified atom stereocenters. The van der Waals surface area contributed by atoms with E-state index in [4.69, 9.17) is 0 Å². The van der Waals surface area contributed by atoms with Gasteiger partial charge in [0, 0.05) is 21.4 Å². The summed E-state index contributed by atoms with van der Waals surface area (Å²) in [5.74, 6) is -0.714. The minimum Gasteiger partial charge on any atom is -0.465 e. The van der Waals surface area contributed by atoms with E-state index in [0.29, 0.717) is 16.3 Å². The third kappa shape index (κ3) is 4.12.